The summed E-state index contributed by atoms with van der Waals surface area (Å²) in [5.74, 6) is 2.30. The fraction of sp³-hybridized carbons (Fsp3) is 0.389. The number of rotatable bonds is 6. The Bertz CT molecular complexity index is 609. The van der Waals surface area contributed by atoms with Crippen LogP contribution in [0.15, 0.2) is 42.5 Å². The van der Waals surface area contributed by atoms with Crippen LogP contribution in [-0.2, 0) is 4.79 Å². The van der Waals surface area contributed by atoms with Crippen LogP contribution in [0.25, 0.3) is 10.8 Å². The first-order valence-corrected chi connectivity index (χ1v) is 8.57. The number of hydrogen-bond acceptors (Lipinski definition) is 2. The Morgan fingerprint density at radius 1 is 1.10 bits per heavy atom. The molecule has 2 aromatic carbocycles. The molecule has 1 atom stereocenters. The zero-order chi connectivity index (χ0) is 15.2. The van der Waals surface area contributed by atoms with Gasteiger partial charge in [-0.3, -0.25) is 4.79 Å². The summed E-state index contributed by atoms with van der Waals surface area (Å²) >= 11 is 1.70. The number of carbonyl (C=O) groups excluding carboxylic acids is 1. The van der Waals surface area contributed by atoms with Crippen molar-refractivity contribution in [1.29, 1.82) is 0 Å². The molecule has 0 heterocycles. The molecule has 112 valence electrons. The highest BCUT2D eigenvalue weighted by Crippen LogP contribution is 2.20. The number of carbonyl (C=O) groups is 1. The van der Waals surface area contributed by atoms with E-state index in [-0.39, 0.29) is 11.9 Å². The van der Waals surface area contributed by atoms with Gasteiger partial charge in [0.05, 0.1) is 11.8 Å². The number of hydrogen-bond donors (Lipinski definition) is 1. The maximum atomic E-state index is 11.9. The lowest BCUT2D eigenvalue weighted by Crippen LogP contribution is -2.28. The second-order valence-electron chi connectivity index (χ2n) is 5.80. The van der Waals surface area contributed by atoms with Crippen LogP contribution < -0.4 is 5.32 Å². The van der Waals surface area contributed by atoms with Crippen molar-refractivity contribution >= 4 is 28.4 Å². The molecule has 2 nitrogen and oxygen atoms in total. The Balaban J connectivity index is 1.95. The smallest absolute Gasteiger partial charge is 0.230 e. The van der Waals surface area contributed by atoms with E-state index in [4.69, 9.17) is 0 Å². The number of fused-ring (bicyclic) bond motifs is 1. The highest BCUT2D eigenvalue weighted by Gasteiger charge is 2.10. The van der Waals surface area contributed by atoms with E-state index in [2.05, 4.69) is 49.5 Å². The van der Waals surface area contributed by atoms with Gasteiger partial charge in [-0.05, 0) is 41.0 Å². The molecule has 0 saturated carbocycles. The fourth-order valence-corrected chi connectivity index (χ4v) is 3.09. The van der Waals surface area contributed by atoms with Gasteiger partial charge in [0.15, 0.2) is 0 Å². The Labute approximate surface area is 131 Å². The van der Waals surface area contributed by atoms with E-state index >= 15 is 0 Å². The Morgan fingerprint density at radius 2 is 1.81 bits per heavy atom. The molecule has 0 fully saturated rings. The summed E-state index contributed by atoms with van der Waals surface area (Å²) in [4.78, 5) is 11.9. The molecule has 0 aliphatic heterocycles. The molecule has 3 heteroatoms. The van der Waals surface area contributed by atoms with Crippen molar-refractivity contribution in [2.45, 2.75) is 26.8 Å². The van der Waals surface area contributed by atoms with E-state index in [0.717, 1.165) is 11.3 Å². The predicted octanol–water partition coefficient (Wildman–Crippen LogP) is 4.41. The van der Waals surface area contributed by atoms with Crippen molar-refractivity contribution in [3.05, 3.63) is 48.0 Å². The monoisotopic (exact) mass is 301 g/mol. The molecular formula is C18H23NOS. The van der Waals surface area contributed by atoms with Crippen LogP contribution in [0.1, 0.15) is 32.4 Å². The number of thioether (sulfide) groups is 1. The summed E-state index contributed by atoms with van der Waals surface area (Å²) in [6.07, 6.45) is 0. The SMILES string of the molecule is CC(C)CSCC(=O)NC(C)c1ccc2ccccc2c1. The second kappa shape index (κ2) is 7.51. The van der Waals surface area contributed by atoms with E-state index in [0.29, 0.717) is 11.7 Å². The first-order valence-electron chi connectivity index (χ1n) is 7.42. The average Bonchev–Trinajstić information content (AvgIpc) is 2.46. The topological polar surface area (TPSA) is 29.1 Å². The molecule has 0 radical (unpaired) electrons. The summed E-state index contributed by atoms with van der Waals surface area (Å²) in [6, 6.07) is 14.7. The van der Waals surface area contributed by atoms with E-state index < -0.39 is 0 Å². The Hall–Kier alpha value is -1.48. The molecule has 0 saturated heterocycles. The molecule has 0 bridgehead atoms. The van der Waals surface area contributed by atoms with Gasteiger partial charge in [-0.15, -0.1) is 0 Å². The van der Waals surface area contributed by atoms with Gasteiger partial charge in [-0.2, -0.15) is 11.8 Å². The zero-order valence-electron chi connectivity index (χ0n) is 12.9. The molecule has 1 unspecified atom stereocenters. The molecule has 0 aromatic heterocycles. The minimum absolute atomic E-state index is 0.0433. The zero-order valence-corrected chi connectivity index (χ0v) is 13.7. The van der Waals surface area contributed by atoms with Gasteiger partial charge in [0.1, 0.15) is 0 Å². The van der Waals surface area contributed by atoms with Crippen molar-refractivity contribution in [3.8, 4) is 0 Å². The summed E-state index contributed by atoms with van der Waals surface area (Å²) in [7, 11) is 0. The van der Waals surface area contributed by atoms with Gasteiger partial charge in [-0.25, -0.2) is 0 Å². The molecule has 21 heavy (non-hydrogen) atoms. The number of amides is 1. The third-order valence-corrected chi connectivity index (χ3v) is 4.70. The maximum Gasteiger partial charge on any atom is 0.230 e. The highest BCUT2D eigenvalue weighted by atomic mass is 32.2. The van der Waals surface area contributed by atoms with E-state index in [9.17, 15) is 4.79 Å². The van der Waals surface area contributed by atoms with Crippen molar-refractivity contribution in [2.75, 3.05) is 11.5 Å². The average molecular weight is 301 g/mol. The minimum atomic E-state index is 0.0433. The third kappa shape index (κ3) is 4.78. The van der Waals surface area contributed by atoms with E-state index in [1.165, 1.54) is 10.8 Å². The standard InChI is InChI=1S/C18H23NOS/c1-13(2)11-21-12-18(20)19-14(3)16-9-8-15-6-4-5-7-17(15)10-16/h4-10,13-14H,11-12H2,1-3H3,(H,19,20). The number of nitrogens with one attached hydrogen (secondary N) is 1. The highest BCUT2D eigenvalue weighted by molar-refractivity contribution is 7.99. The lowest BCUT2D eigenvalue weighted by atomic mass is 10.0. The first kappa shape index (κ1) is 15.9. The lowest BCUT2D eigenvalue weighted by molar-refractivity contribution is -0.119. The predicted molar refractivity (Wildman–Crippen MR) is 92.7 cm³/mol. The Morgan fingerprint density at radius 3 is 2.52 bits per heavy atom. The van der Waals surface area contributed by atoms with E-state index in [1.54, 1.807) is 11.8 Å². The van der Waals surface area contributed by atoms with Gasteiger partial charge in [0, 0.05) is 0 Å². The minimum Gasteiger partial charge on any atom is -0.349 e. The van der Waals surface area contributed by atoms with Gasteiger partial charge in [0.2, 0.25) is 5.91 Å². The van der Waals surface area contributed by atoms with Gasteiger partial charge < -0.3 is 5.32 Å². The van der Waals surface area contributed by atoms with Gasteiger partial charge in [-0.1, -0.05) is 50.2 Å². The van der Waals surface area contributed by atoms with Crippen molar-refractivity contribution in [1.82, 2.24) is 5.32 Å². The van der Waals surface area contributed by atoms with Crippen LogP contribution in [0.3, 0.4) is 0 Å². The summed E-state index contributed by atoms with van der Waals surface area (Å²) < 4.78 is 0. The molecule has 0 aliphatic rings. The summed E-state index contributed by atoms with van der Waals surface area (Å²) in [6.45, 7) is 6.38. The number of benzene rings is 2. The molecule has 0 spiro atoms. The maximum absolute atomic E-state index is 11.9. The van der Waals surface area contributed by atoms with Crippen molar-refractivity contribution < 1.29 is 4.79 Å². The third-order valence-electron chi connectivity index (χ3n) is 3.34. The summed E-state index contributed by atoms with van der Waals surface area (Å²) in [5.41, 5.74) is 1.15. The quantitative estimate of drug-likeness (QED) is 0.856. The van der Waals surface area contributed by atoms with Crippen LogP contribution in [0.2, 0.25) is 0 Å². The fourth-order valence-electron chi connectivity index (χ4n) is 2.23. The molecule has 0 aliphatic carbocycles. The summed E-state index contributed by atoms with van der Waals surface area (Å²) in [5, 5.41) is 5.52. The van der Waals surface area contributed by atoms with E-state index in [1.807, 2.05) is 19.1 Å². The van der Waals surface area contributed by atoms with Crippen LogP contribution in [0.5, 0.6) is 0 Å². The molecule has 1 N–H and O–H groups in total. The van der Waals surface area contributed by atoms with Crippen LogP contribution in [0.4, 0.5) is 0 Å². The molecular weight excluding hydrogens is 278 g/mol. The molecule has 1 amide bonds. The van der Waals surface area contributed by atoms with Crippen molar-refractivity contribution in [3.63, 3.8) is 0 Å². The molecule has 2 rings (SSSR count). The van der Waals surface area contributed by atoms with Crippen LogP contribution >= 0.6 is 11.8 Å². The van der Waals surface area contributed by atoms with Crippen LogP contribution in [0, 0.1) is 5.92 Å². The van der Waals surface area contributed by atoms with Crippen molar-refractivity contribution in [2.24, 2.45) is 5.92 Å². The van der Waals surface area contributed by atoms with Crippen LogP contribution in [-0.4, -0.2) is 17.4 Å². The first-order chi connectivity index (χ1) is 10.1. The van der Waals surface area contributed by atoms with Gasteiger partial charge in [0.25, 0.3) is 0 Å². The van der Waals surface area contributed by atoms with Gasteiger partial charge >= 0.3 is 0 Å². The Kier molecular flexibility index (Phi) is 5.68. The largest absolute Gasteiger partial charge is 0.349 e. The normalized spacial score (nSPS) is 12.6. The molecule has 2 aromatic rings. The lowest BCUT2D eigenvalue weighted by Gasteiger charge is -2.15. The second-order valence-corrected chi connectivity index (χ2v) is 6.84.